The van der Waals surface area contributed by atoms with Crippen molar-refractivity contribution in [3.63, 3.8) is 0 Å². The largest absolute Gasteiger partial charge is 0.670 e. The van der Waals surface area contributed by atoms with Gasteiger partial charge in [0.15, 0.2) is 0 Å². The maximum Gasteiger partial charge on any atom is 0.670 e. The fraction of sp³-hybridized carbons (Fsp3) is 1.00. The summed E-state index contributed by atoms with van der Waals surface area (Å²) in [7, 11) is -6.38. The predicted molar refractivity (Wildman–Crippen MR) is 190 cm³/mol. The van der Waals surface area contributed by atoms with Gasteiger partial charge in [-0.2, -0.15) is 0 Å². The first-order chi connectivity index (χ1) is 20.7. The van der Waals surface area contributed by atoms with Crippen LogP contribution in [0.4, 0.5) is 0 Å². The van der Waals surface area contributed by atoms with E-state index >= 15 is 0 Å². The van der Waals surface area contributed by atoms with Crippen LogP contribution in [-0.4, -0.2) is 44.0 Å². The summed E-state index contributed by atoms with van der Waals surface area (Å²) < 4.78 is 35.9. The minimum Gasteiger partial charge on any atom is -0.394 e. The standard InChI is InChI=1S/C36H78O5Si2/c1-13-31(14-2)25-37-42(29-35(21-9)22-10,30-36(23-11)24-12)41-43(38-26-32(15-3)16-4,39-27-33(17-5)18-6)40-28-34(19-7)20-8/h31-36H,13-30H2,1-12H3. The molecule has 0 spiro atoms. The summed E-state index contributed by atoms with van der Waals surface area (Å²) >= 11 is 0. The molecule has 0 rings (SSSR count). The van der Waals surface area contributed by atoms with E-state index in [2.05, 4.69) is 83.1 Å². The van der Waals surface area contributed by atoms with E-state index in [0.717, 1.165) is 95.7 Å². The van der Waals surface area contributed by atoms with Crippen LogP contribution in [0.25, 0.3) is 0 Å². The van der Waals surface area contributed by atoms with E-state index < -0.39 is 17.6 Å². The molecular formula is C36H78O5Si2. The quantitative estimate of drug-likeness (QED) is 0.0727. The molecule has 0 bridgehead atoms. The van der Waals surface area contributed by atoms with Gasteiger partial charge in [-0.1, -0.05) is 160 Å². The summed E-state index contributed by atoms with van der Waals surface area (Å²) in [6, 6.07) is 1.98. The van der Waals surface area contributed by atoms with Crippen LogP contribution in [-0.2, 0) is 21.8 Å². The highest BCUT2D eigenvalue weighted by Crippen LogP contribution is 2.37. The van der Waals surface area contributed by atoms with Gasteiger partial charge in [-0.15, -0.1) is 0 Å². The molecule has 0 saturated carbocycles. The van der Waals surface area contributed by atoms with Gasteiger partial charge in [0.2, 0.25) is 0 Å². The third-order valence-corrected chi connectivity index (χ3v) is 17.6. The minimum atomic E-state index is -3.56. The van der Waals surface area contributed by atoms with Crippen molar-refractivity contribution in [3.05, 3.63) is 0 Å². The topological polar surface area (TPSA) is 46.2 Å². The van der Waals surface area contributed by atoms with Gasteiger partial charge in [0, 0.05) is 26.4 Å². The number of hydrogen-bond donors (Lipinski definition) is 0. The fourth-order valence-corrected chi connectivity index (χ4v) is 14.7. The van der Waals surface area contributed by atoms with Crippen LogP contribution in [0, 0.1) is 35.5 Å². The third kappa shape index (κ3) is 16.6. The van der Waals surface area contributed by atoms with Gasteiger partial charge < -0.3 is 21.8 Å². The van der Waals surface area contributed by atoms with E-state index in [1.54, 1.807) is 0 Å². The van der Waals surface area contributed by atoms with Crippen molar-refractivity contribution in [3.8, 4) is 0 Å². The lowest BCUT2D eigenvalue weighted by atomic mass is 10.1. The van der Waals surface area contributed by atoms with E-state index in [1.807, 2.05) is 0 Å². The molecule has 0 fully saturated rings. The lowest BCUT2D eigenvalue weighted by Gasteiger charge is -2.42. The maximum atomic E-state index is 7.64. The summed E-state index contributed by atoms with van der Waals surface area (Å²) in [5.74, 6) is 3.05. The van der Waals surface area contributed by atoms with E-state index in [-0.39, 0.29) is 0 Å². The average molecular weight is 647 g/mol. The van der Waals surface area contributed by atoms with E-state index in [0.29, 0.717) is 55.3 Å². The summed E-state index contributed by atoms with van der Waals surface area (Å²) in [6.07, 6.45) is 13.3. The summed E-state index contributed by atoms with van der Waals surface area (Å²) in [5.41, 5.74) is 0. The van der Waals surface area contributed by atoms with Crippen LogP contribution in [0.1, 0.15) is 160 Å². The molecule has 0 amide bonds. The zero-order valence-electron chi connectivity index (χ0n) is 31.2. The second-order valence-electron chi connectivity index (χ2n) is 13.3. The van der Waals surface area contributed by atoms with Crippen molar-refractivity contribution in [2.24, 2.45) is 35.5 Å². The molecule has 7 heteroatoms. The number of rotatable bonds is 30. The molecule has 0 N–H and O–H groups in total. The highest BCUT2D eigenvalue weighted by atomic mass is 28.5. The molecule has 0 aliphatic rings. The van der Waals surface area contributed by atoms with E-state index in [1.165, 1.54) is 0 Å². The Hall–Kier alpha value is 0.234. The molecule has 0 aromatic heterocycles. The molecular weight excluding hydrogens is 569 g/mol. The Bertz CT molecular complexity index is 558. The molecule has 0 aromatic carbocycles. The van der Waals surface area contributed by atoms with Crippen LogP contribution < -0.4 is 0 Å². The lowest BCUT2D eigenvalue weighted by molar-refractivity contribution is -0.0361. The smallest absolute Gasteiger partial charge is 0.394 e. The predicted octanol–water partition coefficient (Wildman–Crippen LogP) is 11.6. The Labute approximate surface area is 273 Å². The summed E-state index contributed by atoms with van der Waals surface area (Å²) in [6.45, 7) is 30.1. The summed E-state index contributed by atoms with van der Waals surface area (Å²) in [5, 5.41) is 0. The Morgan fingerprint density at radius 3 is 0.791 bits per heavy atom. The molecule has 0 aliphatic heterocycles. The van der Waals surface area contributed by atoms with Crippen LogP contribution in [0.2, 0.25) is 12.1 Å². The van der Waals surface area contributed by atoms with E-state index in [9.17, 15) is 0 Å². The average Bonchev–Trinajstić information content (AvgIpc) is 3.04. The van der Waals surface area contributed by atoms with Crippen LogP contribution in [0.5, 0.6) is 0 Å². The Morgan fingerprint density at radius 1 is 0.326 bits per heavy atom. The third-order valence-electron chi connectivity index (χ3n) is 10.5. The molecule has 0 atom stereocenters. The second-order valence-corrected chi connectivity index (χ2v) is 18.9. The maximum absolute atomic E-state index is 7.64. The monoisotopic (exact) mass is 647 g/mol. The first-order valence-corrected chi connectivity index (χ1v) is 22.8. The Balaban J connectivity index is 7.10. The van der Waals surface area contributed by atoms with Crippen molar-refractivity contribution >= 4 is 17.6 Å². The highest BCUT2D eigenvalue weighted by Gasteiger charge is 2.56. The molecule has 43 heavy (non-hydrogen) atoms. The SMILES string of the molecule is CCC(CC)CO[Si](CC(CC)CC)(CC(CC)CC)O[Si](OCC(CC)CC)(OCC(CC)CC)OCC(CC)CC. The van der Waals surface area contributed by atoms with Crippen molar-refractivity contribution in [2.45, 2.75) is 172 Å². The lowest BCUT2D eigenvalue weighted by Crippen LogP contribution is -2.61. The van der Waals surface area contributed by atoms with Crippen LogP contribution in [0.3, 0.4) is 0 Å². The first-order valence-electron chi connectivity index (χ1n) is 18.9. The Kier molecular flexibility index (Phi) is 25.5. The van der Waals surface area contributed by atoms with Crippen molar-refractivity contribution in [1.82, 2.24) is 0 Å². The normalized spacial score (nSPS) is 13.3. The van der Waals surface area contributed by atoms with E-state index in [4.69, 9.17) is 21.8 Å². The molecule has 0 aliphatic carbocycles. The number of hydrogen-bond acceptors (Lipinski definition) is 5. The molecule has 0 unspecified atom stereocenters. The molecule has 0 radical (unpaired) electrons. The van der Waals surface area contributed by atoms with Crippen LogP contribution >= 0.6 is 0 Å². The molecule has 0 saturated heterocycles. The highest BCUT2D eigenvalue weighted by molar-refractivity contribution is 6.76. The fourth-order valence-electron chi connectivity index (χ4n) is 5.82. The van der Waals surface area contributed by atoms with Crippen molar-refractivity contribution in [1.29, 1.82) is 0 Å². The minimum absolute atomic E-state index is 0.462. The van der Waals surface area contributed by atoms with Gasteiger partial charge >= 0.3 is 17.6 Å². The van der Waals surface area contributed by atoms with Gasteiger partial charge in [0.1, 0.15) is 0 Å². The molecule has 260 valence electrons. The summed E-state index contributed by atoms with van der Waals surface area (Å²) in [4.78, 5) is 0. The molecule has 0 heterocycles. The van der Waals surface area contributed by atoms with Gasteiger partial charge in [0.25, 0.3) is 0 Å². The van der Waals surface area contributed by atoms with Gasteiger partial charge in [-0.05, 0) is 47.6 Å². The van der Waals surface area contributed by atoms with Crippen molar-refractivity contribution < 1.29 is 21.8 Å². The first kappa shape index (κ1) is 43.2. The zero-order chi connectivity index (χ0) is 32.7. The zero-order valence-corrected chi connectivity index (χ0v) is 33.2. The molecule has 0 aromatic rings. The van der Waals surface area contributed by atoms with Crippen LogP contribution in [0.15, 0.2) is 0 Å². The molecule has 5 nitrogen and oxygen atoms in total. The van der Waals surface area contributed by atoms with Gasteiger partial charge in [0.05, 0.1) is 0 Å². The van der Waals surface area contributed by atoms with Gasteiger partial charge in [-0.25, -0.2) is 0 Å². The van der Waals surface area contributed by atoms with Crippen molar-refractivity contribution in [2.75, 3.05) is 26.4 Å². The second kappa shape index (κ2) is 25.3. The van der Waals surface area contributed by atoms with Gasteiger partial charge in [-0.3, -0.25) is 0 Å². The Morgan fingerprint density at radius 2 is 0.558 bits per heavy atom.